The van der Waals surface area contributed by atoms with Crippen molar-refractivity contribution in [2.45, 2.75) is 32.2 Å². The zero-order chi connectivity index (χ0) is 20.4. The minimum Gasteiger partial charge on any atom is -0.497 e. The van der Waals surface area contributed by atoms with Crippen LogP contribution in [0.1, 0.15) is 29.8 Å². The lowest BCUT2D eigenvalue weighted by Gasteiger charge is -2.26. The fraction of sp³-hybridized carbons (Fsp3) is 0.450. The minimum atomic E-state index is -0.195. The third-order valence-corrected chi connectivity index (χ3v) is 6.33. The average Bonchev–Trinajstić information content (AvgIpc) is 3.07. The second-order valence-electron chi connectivity index (χ2n) is 7.21. The van der Waals surface area contributed by atoms with E-state index in [-0.39, 0.29) is 17.9 Å². The molecule has 0 spiro atoms. The number of amides is 3. The second kappa shape index (κ2) is 8.28. The molecule has 0 atom stereocenters. The SMILES string of the molecule is COc1cc(NC(=O)N2CCc3nc(NC(=O)C4CCC4)sc3C2)cc(OC)c1. The van der Waals surface area contributed by atoms with E-state index in [0.717, 1.165) is 29.8 Å². The molecule has 29 heavy (non-hydrogen) atoms. The van der Waals surface area contributed by atoms with E-state index >= 15 is 0 Å². The van der Waals surface area contributed by atoms with Crippen molar-refractivity contribution in [3.63, 3.8) is 0 Å². The maximum absolute atomic E-state index is 12.7. The van der Waals surface area contributed by atoms with Crippen LogP contribution in [0.4, 0.5) is 15.6 Å². The fourth-order valence-electron chi connectivity index (χ4n) is 3.38. The highest BCUT2D eigenvalue weighted by Crippen LogP contribution is 2.32. The van der Waals surface area contributed by atoms with Crippen LogP contribution in [-0.2, 0) is 17.8 Å². The average molecular weight is 417 g/mol. The normalized spacial score (nSPS) is 15.9. The Bertz CT molecular complexity index is 903. The van der Waals surface area contributed by atoms with Crippen molar-refractivity contribution in [3.8, 4) is 11.5 Å². The van der Waals surface area contributed by atoms with Crippen LogP contribution in [0.2, 0.25) is 0 Å². The van der Waals surface area contributed by atoms with Crippen molar-refractivity contribution in [3.05, 3.63) is 28.8 Å². The Balaban J connectivity index is 1.40. The summed E-state index contributed by atoms with van der Waals surface area (Å²) in [4.78, 5) is 32.2. The summed E-state index contributed by atoms with van der Waals surface area (Å²) >= 11 is 1.45. The van der Waals surface area contributed by atoms with Crippen LogP contribution < -0.4 is 20.1 Å². The number of fused-ring (bicyclic) bond motifs is 1. The third-order valence-electron chi connectivity index (χ3n) is 5.33. The molecular formula is C20H24N4O4S. The van der Waals surface area contributed by atoms with Crippen molar-refractivity contribution in [1.29, 1.82) is 0 Å². The molecule has 0 unspecified atom stereocenters. The third kappa shape index (κ3) is 4.29. The molecule has 4 rings (SSSR count). The van der Waals surface area contributed by atoms with Crippen molar-refractivity contribution in [1.82, 2.24) is 9.88 Å². The Morgan fingerprint density at radius 2 is 1.86 bits per heavy atom. The van der Waals surface area contributed by atoms with Gasteiger partial charge in [0, 0.05) is 47.6 Å². The molecule has 1 aromatic carbocycles. The second-order valence-corrected chi connectivity index (χ2v) is 8.29. The smallest absolute Gasteiger partial charge is 0.322 e. The number of carbonyl (C=O) groups excluding carboxylic acids is 2. The molecule has 2 heterocycles. The van der Waals surface area contributed by atoms with E-state index in [1.807, 2.05) is 0 Å². The van der Waals surface area contributed by atoms with Crippen LogP contribution in [-0.4, -0.2) is 42.6 Å². The Morgan fingerprint density at radius 1 is 1.14 bits per heavy atom. The minimum absolute atomic E-state index is 0.0592. The van der Waals surface area contributed by atoms with Gasteiger partial charge < -0.3 is 25.0 Å². The van der Waals surface area contributed by atoms with Gasteiger partial charge in [-0.25, -0.2) is 9.78 Å². The number of urea groups is 1. The molecule has 1 saturated carbocycles. The van der Waals surface area contributed by atoms with Gasteiger partial charge in [-0.3, -0.25) is 4.79 Å². The summed E-state index contributed by atoms with van der Waals surface area (Å²) < 4.78 is 10.5. The van der Waals surface area contributed by atoms with Crippen LogP contribution in [0, 0.1) is 5.92 Å². The molecular weight excluding hydrogens is 392 g/mol. The zero-order valence-corrected chi connectivity index (χ0v) is 17.3. The van der Waals surface area contributed by atoms with Gasteiger partial charge >= 0.3 is 6.03 Å². The van der Waals surface area contributed by atoms with Crippen LogP contribution in [0.25, 0.3) is 0 Å². The monoisotopic (exact) mass is 416 g/mol. The van der Waals surface area contributed by atoms with Crippen molar-refractivity contribution in [2.24, 2.45) is 5.92 Å². The van der Waals surface area contributed by atoms with Crippen LogP contribution >= 0.6 is 11.3 Å². The summed E-state index contributed by atoms with van der Waals surface area (Å²) in [7, 11) is 3.13. The van der Waals surface area contributed by atoms with Gasteiger partial charge in [0.25, 0.3) is 0 Å². The number of thiazole rings is 1. The zero-order valence-electron chi connectivity index (χ0n) is 16.5. The molecule has 2 aliphatic rings. The Labute approximate surface area is 173 Å². The molecule has 9 heteroatoms. The summed E-state index contributed by atoms with van der Waals surface area (Å²) in [5.74, 6) is 1.40. The standard InChI is InChI=1S/C20H24N4O4S/c1-27-14-8-13(9-15(10-14)28-2)21-20(26)24-7-6-16-17(11-24)29-19(22-16)23-18(25)12-4-3-5-12/h8-10,12H,3-7,11H2,1-2H3,(H,21,26)(H,22,23,25). The van der Waals surface area contributed by atoms with E-state index in [1.165, 1.54) is 11.3 Å². The molecule has 2 aromatic rings. The Hall–Kier alpha value is -2.81. The number of nitrogens with one attached hydrogen (secondary N) is 2. The first kappa shape index (κ1) is 19.5. The van der Waals surface area contributed by atoms with Crippen LogP contribution in [0.15, 0.2) is 18.2 Å². The highest BCUT2D eigenvalue weighted by Gasteiger charge is 2.28. The highest BCUT2D eigenvalue weighted by molar-refractivity contribution is 7.15. The van der Waals surface area contributed by atoms with Gasteiger partial charge in [-0.15, -0.1) is 0 Å². The summed E-state index contributed by atoms with van der Waals surface area (Å²) in [6, 6.07) is 5.05. The Morgan fingerprint density at radius 3 is 2.48 bits per heavy atom. The number of benzene rings is 1. The molecule has 0 bridgehead atoms. The molecule has 0 saturated heterocycles. The van der Waals surface area contributed by atoms with E-state index in [9.17, 15) is 9.59 Å². The topological polar surface area (TPSA) is 92.8 Å². The summed E-state index contributed by atoms with van der Waals surface area (Å²) in [5.41, 5.74) is 1.57. The van der Waals surface area contributed by atoms with Gasteiger partial charge in [0.2, 0.25) is 5.91 Å². The van der Waals surface area contributed by atoms with Crippen molar-refractivity contribution >= 4 is 34.1 Å². The van der Waals surface area contributed by atoms with Crippen molar-refractivity contribution < 1.29 is 19.1 Å². The van der Waals surface area contributed by atoms with Gasteiger partial charge in [-0.05, 0) is 12.8 Å². The first-order valence-corrected chi connectivity index (χ1v) is 10.5. The van der Waals surface area contributed by atoms with Crippen LogP contribution in [0.3, 0.4) is 0 Å². The first-order chi connectivity index (χ1) is 14.1. The molecule has 1 aliphatic carbocycles. The predicted molar refractivity (Wildman–Crippen MR) is 111 cm³/mol. The Kier molecular flexibility index (Phi) is 5.57. The number of hydrogen-bond acceptors (Lipinski definition) is 6. The number of methoxy groups -OCH3 is 2. The highest BCUT2D eigenvalue weighted by atomic mass is 32.1. The number of anilines is 2. The first-order valence-electron chi connectivity index (χ1n) is 9.64. The van der Waals surface area contributed by atoms with Crippen LogP contribution in [0.5, 0.6) is 11.5 Å². The van der Waals surface area contributed by atoms with E-state index < -0.39 is 0 Å². The number of rotatable bonds is 5. The van der Waals surface area contributed by atoms with Gasteiger partial charge in [-0.1, -0.05) is 17.8 Å². The van der Waals surface area contributed by atoms with E-state index in [2.05, 4.69) is 15.6 Å². The lowest BCUT2D eigenvalue weighted by Crippen LogP contribution is -2.38. The number of carbonyl (C=O) groups is 2. The van der Waals surface area contributed by atoms with E-state index in [1.54, 1.807) is 37.3 Å². The van der Waals surface area contributed by atoms with Gasteiger partial charge in [-0.2, -0.15) is 0 Å². The summed E-state index contributed by atoms with van der Waals surface area (Å²) in [6.07, 6.45) is 3.70. The van der Waals surface area contributed by atoms with Gasteiger partial charge in [0.15, 0.2) is 5.13 Å². The molecule has 8 nitrogen and oxygen atoms in total. The van der Waals surface area contributed by atoms with E-state index in [0.29, 0.717) is 41.8 Å². The molecule has 3 amide bonds. The van der Waals surface area contributed by atoms with Gasteiger partial charge in [0.05, 0.1) is 26.5 Å². The summed E-state index contributed by atoms with van der Waals surface area (Å²) in [6.45, 7) is 1.04. The summed E-state index contributed by atoms with van der Waals surface area (Å²) in [5, 5.41) is 6.47. The molecule has 1 fully saturated rings. The van der Waals surface area contributed by atoms with E-state index in [4.69, 9.17) is 9.47 Å². The lowest BCUT2D eigenvalue weighted by molar-refractivity contribution is -0.122. The molecule has 1 aromatic heterocycles. The lowest BCUT2D eigenvalue weighted by atomic mass is 9.85. The number of hydrogen-bond donors (Lipinski definition) is 2. The number of ether oxygens (including phenoxy) is 2. The molecule has 2 N–H and O–H groups in total. The quantitative estimate of drug-likeness (QED) is 0.778. The fourth-order valence-corrected chi connectivity index (χ4v) is 4.41. The number of nitrogens with zero attached hydrogens (tertiary/aromatic N) is 2. The largest absolute Gasteiger partial charge is 0.497 e. The maximum Gasteiger partial charge on any atom is 0.322 e. The molecule has 1 aliphatic heterocycles. The molecule has 154 valence electrons. The van der Waals surface area contributed by atoms with Gasteiger partial charge in [0.1, 0.15) is 11.5 Å². The maximum atomic E-state index is 12.7. The predicted octanol–water partition coefficient (Wildman–Crippen LogP) is 3.49. The van der Waals surface area contributed by atoms with Crippen molar-refractivity contribution in [2.75, 3.05) is 31.4 Å². The molecule has 0 radical (unpaired) electrons. The number of aromatic nitrogens is 1.